The molecule has 1 heterocycles. The van der Waals surface area contributed by atoms with Gasteiger partial charge in [-0.15, -0.1) is 11.3 Å². The molecule has 0 bridgehead atoms. The number of benzene rings is 2. The van der Waals surface area contributed by atoms with Gasteiger partial charge in [-0.25, -0.2) is 4.98 Å². The Hall–Kier alpha value is -2.79. The van der Waals surface area contributed by atoms with E-state index in [2.05, 4.69) is 10.3 Å². The molecule has 158 valence electrons. The first-order valence-electron chi connectivity index (χ1n) is 9.08. The fourth-order valence-corrected chi connectivity index (χ4v) is 4.37. The molecule has 0 aliphatic carbocycles. The number of rotatable bonds is 8. The molecule has 0 spiro atoms. The Labute approximate surface area is 180 Å². The third-order valence-electron chi connectivity index (χ3n) is 4.30. The molecular formula is C20H23N5O3S2. The highest BCUT2D eigenvalue weighted by Crippen LogP contribution is 2.24. The second kappa shape index (κ2) is 9.35. The van der Waals surface area contributed by atoms with Crippen LogP contribution in [0.2, 0.25) is 0 Å². The Morgan fingerprint density at radius 1 is 1.10 bits per heavy atom. The maximum absolute atomic E-state index is 12.7. The number of thiazole rings is 1. The highest BCUT2D eigenvalue weighted by atomic mass is 32.2. The number of hydrogen-bond acceptors (Lipinski definition) is 6. The number of nitrogens with one attached hydrogen (secondary N) is 1. The van der Waals surface area contributed by atoms with E-state index >= 15 is 0 Å². The topological polar surface area (TPSA) is 109 Å². The first-order chi connectivity index (χ1) is 14.3. The summed E-state index contributed by atoms with van der Waals surface area (Å²) in [5.74, 6) is -0.429. The van der Waals surface area contributed by atoms with E-state index < -0.39 is 16.1 Å². The summed E-state index contributed by atoms with van der Waals surface area (Å²) < 4.78 is 27.6. The fourth-order valence-electron chi connectivity index (χ4n) is 2.74. The van der Waals surface area contributed by atoms with Crippen LogP contribution in [-0.4, -0.2) is 48.6 Å². The normalized spacial score (nSPS) is 11.7. The lowest BCUT2D eigenvalue weighted by Crippen LogP contribution is -2.43. The summed E-state index contributed by atoms with van der Waals surface area (Å²) in [6.07, 6.45) is 0. The zero-order valence-corrected chi connectivity index (χ0v) is 18.3. The molecule has 30 heavy (non-hydrogen) atoms. The molecule has 0 radical (unpaired) electrons. The van der Waals surface area contributed by atoms with Gasteiger partial charge in [-0.05, 0) is 17.7 Å². The largest absolute Gasteiger partial charge is 0.375 e. The van der Waals surface area contributed by atoms with Gasteiger partial charge in [-0.1, -0.05) is 42.5 Å². The molecule has 3 aromatic rings. The van der Waals surface area contributed by atoms with Gasteiger partial charge < -0.3 is 11.1 Å². The second-order valence-electron chi connectivity index (χ2n) is 6.74. The van der Waals surface area contributed by atoms with E-state index in [0.29, 0.717) is 10.8 Å². The highest BCUT2D eigenvalue weighted by molar-refractivity contribution is 7.86. The van der Waals surface area contributed by atoms with Crippen molar-refractivity contribution < 1.29 is 13.2 Å². The molecule has 3 rings (SSSR count). The van der Waals surface area contributed by atoms with Gasteiger partial charge in [0, 0.05) is 37.3 Å². The summed E-state index contributed by atoms with van der Waals surface area (Å²) >= 11 is 1.36. The van der Waals surface area contributed by atoms with Crippen LogP contribution in [0.25, 0.3) is 11.3 Å². The van der Waals surface area contributed by atoms with Crippen molar-refractivity contribution in [2.75, 3.05) is 31.7 Å². The summed E-state index contributed by atoms with van der Waals surface area (Å²) in [4.78, 5) is 16.8. The van der Waals surface area contributed by atoms with E-state index in [-0.39, 0.29) is 13.1 Å². The minimum Gasteiger partial charge on any atom is -0.375 e. The molecular weight excluding hydrogens is 422 g/mol. The van der Waals surface area contributed by atoms with Gasteiger partial charge in [0.2, 0.25) is 5.91 Å². The average Bonchev–Trinajstić information content (AvgIpc) is 3.15. The summed E-state index contributed by atoms with van der Waals surface area (Å²) in [6, 6.07) is 16.3. The third-order valence-corrected chi connectivity index (χ3v) is 6.80. The molecule has 10 heteroatoms. The summed E-state index contributed by atoms with van der Waals surface area (Å²) in [7, 11) is -0.899. The molecule has 0 unspecified atom stereocenters. The molecule has 0 saturated carbocycles. The Balaban J connectivity index is 1.71. The minimum atomic E-state index is -3.78. The van der Waals surface area contributed by atoms with Crippen LogP contribution in [0.1, 0.15) is 5.56 Å². The Morgan fingerprint density at radius 2 is 1.77 bits per heavy atom. The van der Waals surface area contributed by atoms with Crippen molar-refractivity contribution in [3.8, 4) is 11.3 Å². The predicted octanol–water partition coefficient (Wildman–Crippen LogP) is 2.64. The standard InChI is InChI=1S/C20H23N5O3S2/c1-24(2)30(27,28)25(12-15-6-4-3-5-7-15)13-19(26)22-17-10-8-16(9-11-17)18-14-29-20(21)23-18/h3-11,14H,12-13H2,1-2H3,(H2,21,23)(H,22,26). The Bertz CT molecular complexity index is 1100. The molecule has 0 aliphatic heterocycles. The van der Waals surface area contributed by atoms with Crippen LogP contribution >= 0.6 is 11.3 Å². The number of aromatic nitrogens is 1. The monoisotopic (exact) mass is 445 g/mol. The van der Waals surface area contributed by atoms with Gasteiger partial charge in [-0.3, -0.25) is 4.79 Å². The molecule has 0 aliphatic rings. The van der Waals surface area contributed by atoms with E-state index in [9.17, 15) is 13.2 Å². The van der Waals surface area contributed by atoms with Crippen molar-refractivity contribution in [2.24, 2.45) is 0 Å². The zero-order chi connectivity index (χ0) is 21.7. The zero-order valence-electron chi connectivity index (χ0n) is 16.6. The summed E-state index contributed by atoms with van der Waals surface area (Å²) in [5, 5.41) is 5.09. The first kappa shape index (κ1) is 21.9. The van der Waals surface area contributed by atoms with Crippen molar-refractivity contribution >= 4 is 38.3 Å². The molecule has 0 saturated heterocycles. The van der Waals surface area contributed by atoms with Gasteiger partial charge in [0.1, 0.15) is 0 Å². The van der Waals surface area contributed by atoms with Crippen molar-refractivity contribution in [1.29, 1.82) is 0 Å². The van der Waals surface area contributed by atoms with E-state index in [1.54, 1.807) is 12.1 Å². The van der Waals surface area contributed by atoms with Gasteiger partial charge >= 0.3 is 0 Å². The number of nitrogen functional groups attached to an aromatic ring is 1. The number of carbonyl (C=O) groups excluding carboxylic acids is 1. The Kier molecular flexibility index (Phi) is 6.83. The average molecular weight is 446 g/mol. The third kappa shape index (κ3) is 5.42. The van der Waals surface area contributed by atoms with Crippen LogP contribution < -0.4 is 11.1 Å². The minimum absolute atomic E-state index is 0.0962. The van der Waals surface area contributed by atoms with E-state index in [1.165, 1.54) is 25.4 Å². The van der Waals surface area contributed by atoms with E-state index in [0.717, 1.165) is 25.4 Å². The molecule has 8 nitrogen and oxygen atoms in total. The lowest BCUT2D eigenvalue weighted by atomic mass is 10.1. The molecule has 0 atom stereocenters. The molecule has 1 aromatic heterocycles. The van der Waals surface area contributed by atoms with E-state index in [4.69, 9.17) is 5.73 Å². The Morgan fingerprint density at radius 3 is 2.33 bits per heavy atom. The maximum Gasteiger partial charge on any atom is 0.282 e. The van der Waals surface area contributed by atoms with Gasteiger partial charge in [0.15, 0.2) is 5.13 Å². The van der Waals surface area contributed by atoms with Crippen molar-refractivity contribution in [3.05, 3.63) is 65.5 Å². The fraction of sp³-hybridized carbons (Fsp3) is 0.200. The smallest absolute Gasteiger partial charge is 0.282 e. The van der Waals surface area contributed by atoms with Crippen LogP contribution in [0.5, 0.6) is 0 Å². The van der Waals surface area contributed by atoms with Gasteiger partial charge in [-0.2, -0.15) is 17.0 Å². The first-order valence-corrected chi connectivity index (χ1v) is 11.4. The number of carbonyl (C=O) groups is 1. The van der Waals surface area contributed by atoms with Crippen LogP contribution in [0, 0.1) is 0 Å². The molecule has 0 fully saturated rings. The van der Waals surface area contributed by atoms with Crippen LogP contribution in [0.4, 0.5) is 10.8 Å². The van der Waals surface area contributed by atoms with Crippen molar-refractivity contribution in [2.45, 2.75) is 6.54 Å². The summed E-state index contributed by atoms with van der Waals surface area (Å²) in [6.45, 7) is -0.210. The SMILES string of the molecule is CN(C)S(=O)(=O)N(CC(=O)Nc1ccc(-c2csc(N)n2)cc1)Cc1ccccc1. The lowest BCUT2D eigenvalue weighted by Gasteiger charge is -2.25. The van der Waals surface area contributed by atoms with Crippen molar-refractivity contribution in [1.82, 2.24) is 13.6 Å². The quantitative estimate of drug-likeness (QED) is 0.554. The van der Waals surface area contributed by atoms with Gasteiger partial charge in [0.25, 0.3) is 10.2 Å². The maximum atomic E-state index is 12.7. The lowest BCUT2D eigenvalue weighted by molar-refractivity contribution is -0.116. The van der Waals surface area contributed by atoms with Crippen LogP contribution in [0.3, 0.4) is 0 Å². The second-order valence-corrected chi connectivity index (χ2v) is 9.77. The van der Waals surface area contributed by atoms with Crippen LogP contribution in [0.15, 0.2) is 60.0 Å². The molecule has 2 aromatic carbocycles. The number of nitrogens with two attached hydrogens (primary N) is 1. The van der Waals surface area contributed by atoms with Gasteiger partial charge in [0.05, 0.1) is 12.2 Å². The molecule has 3 N–H and O–H groups in total. The highest BCUT2D eigenvalue weighted by Gasteiger charge is 2.27. The van der Waals surface area contributed by atoms with Crippen molar-refractivity contribution in [3.63, 3.8) is 0 Å². The number of anilines is 2. The number of hydrogen-bond donors (Lipinski definition) is 2. The molecule has 1 amide bonds. The summed E-state index contributed by atoms with van der Waals surface area (Å²) in [5.41, 5.74) is 8.66. The number of amides is 1. The predicted molar refractivity (Wildman–Crippen MR) is 120 cm³/mol. The van der Waals surface area contributed by atoms with Crippen LogP contribution in [-0.2, 0) is 21.5 Å². The van der Waals surface area contributed by atoms with E-state index in [1.807, 2.05) is 47.8 Å². The number of nitrogens with zero attached hydrogens (tertiary/aromatic N) is 3.